The lowest BCUT2D eigenvalue weighted by Gasteiger charge is -2.33. The van der Waals surface area contributed by atoms with Crippen LogP contribution < -0.4 is 0 Å². The number of hydrogen-bond donors (Lipinski definition) is 0. The molecule has 2 fully saturated rings. The van der Waals surface area contributed by atoms with Crippen molar-refractivity contribution in [2.45, 2.75) is 43.5 Å². The van der Waals surface area contributed by atoms with Crippen LogP contribution in [0.1, 0.15) is 43.8 Å². The lowest BCUT2D eigenvalue weighted by Crippen LogP contribution is -2.42. The second-order valence-corrected chi connectivity index (χ2v) is 8.97. The molecule has 0 spiro atoms. The van der Waals surface area contributed by atoms with Crippen molar-refractivity contribution in [3.8, 4) is 0 Å². The fourth-order valence-electron chi connectivity index (χ4n) is 3.12. The number of ether oxygens (including phenoxy) is 1. The molecule has 2 aliphatic rings. The summed E-state index contributed by atoms with van der Waals surface area (Å²) in [6, 6.07) is 10.2. The van der Waals surface area contributed by atoms with Crippen LogP contribution in [-0.4, -0.2) is 41.5 Å². The SMILES string of the molecule is O=C(CCCC[C@@H]1CCSS1)N1CCOC(c2ccccc2)C1. The number of rotatable bonds is 6. The molecule has 0 saturated carbocycles. The second-order valence-electron chi connectivity index (χ2n) is 6.18. The molecule has 0 bridgehead atoms. The van der Waals surface area contributed by atoms with Crippen LogP contribution in [0.2, 0.25) is 0 Å². The van der Waals surface area contributed by atoms with Gasteiger partial charge >= 0.3 is 0 Å². The Bertz CT molecular complexity index is 491. The summed E-state index contributed by atoms with van der Waals surface area (Å²) >= 11 is 0. The molecular weight excluding hydrogens is 326 g/mol. The van der Waals surface area contributed by atoms with Crippen molar-refractivity contribution in [3.05, 3.63) is 35.9 Å². The molecule has 1 aromatic rings. The molecule has 0 aromatic heterocycles. The molecule has 2 saturated heterocycles. The molecule has 1 unspecified atom stereocenters. The van der Waals surface area contributed by atoms with E-state index in [-0.39, 0.29) is 6.10 Å². The first-order valence-corrected chi connectivity index (χ1v) is 10.9. The van der Waals surface area contributed by atoms with Crippen molar-refractivity contribution in [1.29, 1.82) is 0 Å². The zero-order valence-corrected chi connectivity index (χ0v) is 15.1. The average molecular weight is 352 g/mol. The number of nitrogens with zero attached hydrogens (tertiary/aromatic N) is 1. The largest absolute Gasteiger partial charge is 0.370 e. The lowest BCUT2D eigenvalue weighted by molar-refractivity contribution is -0.139. The Labute approximate surface area is 146 Å². The summed E-state index contributed by atoms with van der Waals surface area (Å²) in [4.78, 5) is 14.4. The van der Waals surface area contributed by atoms with Gasteiger partial charge < -0.3 is 9.64 Å². The number of benzene rings is 1. The molecular formula is C18H25NO2S2. The topological polar surface area (TPSA) is 29.5 Å². The van der Waals surface area contributed by atoms with E-state index in [2.05, 4.69) is 12.1 Å². The van der Waals surface area contributed by atoms with Crippen LogP contribution in [0.3, 0.4) is 0 Å². The van der Waals surface area contributed by atoms with E-state index in [4.69, 9.17) is 4.74 Å². The Kier molecular flexibility index (Phi) is 6.72. The van der Waals surface area contributed by atoms with Gasteiger partial charge in [-0.3, -0.25) is 4.79 Å². The highest BCUT2D eigenvalue weighted by atomic mass is 33.1. The van der Waals surface area contributed by atoms with Crippen LogP contribution in [0, 0.1) is 0 Å². The fraction of sp³-hybridized carbons (Fsp3) is 0.611. The smallest absolute Gasteiger partial charge is 0.222 e. The highest BCUT2D eigenvalue weighted by molar-refractivity contribution is 8.77. The first-order chi connectivity index (χ1) is 11.3. The molecule has 126 valence electrons. The number of morpholine rings is 1. The molecule has 23 heavy (non-hydrogen) atoms. The van der Waals surface area contributed by atoms with Crippen LogP contribution in [0.5, 0.6) is 0 Å². The number of unbranched alkanes of at least 4 members (excludes halogenated alkanes) is 1. The van der Waals surface area contributed by atoms with E-state index in [0.717, 1.165) is 18.2 Å². The molecule has 2 heterocycles. The summed E-state index contributed by atoms with van der Waals surface area (Å²) in [6.45, 7) is 2.07. The van der Waals surface area contributed by atoms with Gasteiger partial charge in [-0.2, -0.15) is 0 Å². The van der Waals surface area contributed by atoms with Crippen LogP contribution >= 0.6 is 21.6 Å². The molecule has 2 aliphatic heterocycles. The summed E-state index contributed by atoms with van der Waals surface area (Å²) in [5.74, 6) is 1.59. The molecule has 1 amide bonds. The lowest BCUT2D eigenvalue weighted by atomic mass is 10.1. The Morgan fingerprint density at radius 3 is 2.91 bits per heavy atom. The second kappa shape index (κ2) is 9.00. The van der Waals surface area contributed by atoms with E-state index >= 15 is 0 Å². The van der Waals surface area contributed by atoms with Gasteiger partial charge in [0, 0.05) is 24.0 Å². The van der Waals surface area contributed by atoms with Gasteiger partial charge in [0.15, 0.2) is 0 Å². The third-order valence-electron chi connectivity index (χ3n) is 4.48. The Morgan fingerprint density at radius 2 is 2.13 bits per heavy atom. The van der Waals surface area contributed by atoms with Crippen molar-refractivity contribution in [2.75, 3.05) is 25.4 Å². The maximum absolute atomic E-state index is 12.4. The maximum Gasteiger partial charge on any atom is 0.222 e. The van der Waals surface area contributed by atoms with E-state index in [1.54, 1.807) is 0 Å². The van der Waals surface area contributed by atoms with Crippen molar-refractivity contribution in [1.82, 2.24) is 4.90 Å². The van der Waals surface area contributed by atoms with E-state index in [9.17, 15) is 4.79 Å². The minimum Gasteiger partial charge on any atom is -0.370 e. The summed E-state index contributed by atoms with van der Waals surface area (Å²) in [5, 5.41) is 0.820. The minimum atomic E-state index is 0.0285. The molecule has 3 nitrogen and oxygen atoms in total. The monoisotopic (exact) mass is 351 g/mol. The van der Waals surface area contributed by atoms with Crippen molar-refractivity contribution < 1.29 is 9.53 Å². The van der Waals surface area contributed by atoms with Gasteiger partial charge in [-0.25, -0.2) is 0 Å². The molecule has 2 atom stereocenters. The number of amides is 1. The number of carbonyl (C=O) groups is 1. The third kappa shape index (κ3) is 5.16. The van der Waals surface area contributed by atoms with Gasteiger partial charge in [0.05, 0.1) is 13.2 Å². The molecule has 0 aliphatic carbocycles. The Hall–Kier alpha value is -0.650. The van der Waals surface area contributed by atoms with E-state index in [0.29, 0.717) is 25.5 Å². The van der Waals surface area contributed by atoms with Gasteiger partial charge in [-0.1, -0.05) is 58.3 Å². The summed E-state index contributed by atoms with van der Waals surface area (Å²) in [7, 11) is 4.03. The molecule has 5 heteroatoms. The predicted octanol–water partition coefficient (Wildman–Crippen LogP) is 4.30. The van der Waals surface area contributed by atoms with E-state index in [1.165, 1.54) is 30.6 Å². The molecule has 0 radical (unpaired) electrons. The van der Waals surface area contributed by atoms with Crippen molar-refractivity contribution in [2.24, 2.45) is 0 Å². The minimum absolute atomic E-state index is 0.0285. The highest BCUT2D eigenvalue weighted by Gasteiger charge is 2.25. The van der Waals surface area contributed by atoms with E-state index in [1.807, 2.05) is 44.7 Å². The average Bonchev–Trinajstić information content (AvgIpc) is 3.13. The molecule has 1 aromatic carbocycles. The Balaban J connectivity index is 1.40. The van der Waals surface area contributed by atoms with Gasteiger partial charge in [-0.05, 0) is 24.8 Å². The maximum atomic E-state index is 12.4. The Morgan fingerprint density at radius 1 is 1.26 bits per heavy atom. The van der Waals surface area contributed by atoms with Gasteiger partial charge in [0.1, 0.15) is 6.10 Å². The summed E-state index contributed by atoms with van der Waals surface area (Å²) in [5.41, 5.74) is 1.17. The highest BCUT2D eigenvalue weighted by Crippen LogP contribution is 2.39. The standard InChI is InChI=1S/C18H25NO2S2/c20-18(9-5-4-8-16-10-13-22-23-16)19-11-12-21-17(14-19)15-6-2-1-3-7-15/h1-3,6-7,16-17H,4-5,8-14H2/t16-,17?/m1/s1. The van der Waals surface area contributed by atoms with Crippen LogP contribution in [0.25, 0.3) is 0 Å². The summed E-state index contributed by atoms with van der Waals surface area (Å²) < 4.78 is 5.84. The first kappa shape index (κ1) is 17.2. The summed E-state index contributed by atoms with van der Waals surface area (Å²) in [6.07, 6.45) is 5.52. The van der Waals surface area contributed by atoms with Gasteiger partial charge in [0.2, 0.25) is 5.91 Å². The van der Waals surface area contributed by atoms with Crippen LogP contribution in [0.15, 0.2) is 30.3 Å². The zero-order chi connectivity index (χ0) is 15.9. The number of hydrogen-bond acceptors (Lipinski definition) is 4. The predicted molar refractivity (Wildman–Crippen MR) is 98.6 cm³/mol. The normalized spacial score (nSPS) is 24.8. The van der Waals surface area contributed by atoms with Crippen LogP contribution in [-0.2, 0) is 9.53 Å². The zero-order valence-electron chi connectivity index (χ0n) is 13.5. The molecule has 0 N–H and O–H groups in total. The number of carbonyl (C=O) groups excluding carboxylic acids is 1. The van der Waals surface area contributed by atoms with Crippen molar-refractivity contribution in [3.63, 3.8) is 0 Å². The van der Waals surface area contributed by atoms with Gasteiger partial charge in [0.25, 0.3) is 0 Å². The third-order valence-corrected chi connectivity index (χ3v) is 7.49. The van der Waals surface area contributed by atoms with Gasteiger partial charge in [-0.15, -0.1) is 0 Å². The molecule has 3 rings (SSSR count). The van der Waals surface area contributed by atoms with Crippen LogP contribution in [0.4, 0.5) is 0 Å². The van der Waals surface area contributed by atoms with Crippen molar-refractivity contribution >= 4 is 27.5 Å². The van der Waals surface area contributed by atoms with E-state index < -0.39 is 0 Å². The quantitative estimate of drug-likeness (QED) is 0.564. The first-order valence-electron chi connectivity index (χ1n) is 8.55. The fourth-order valence-corrected chi connectivity index (χ4v) is 6.14.